The van der Waals surface area contributed by atoms with Crippen molar-refractivity contribution in [2.45, 2.75) is 20.4 Å². The maximum Gasteiger partial charge on any atom is 0.0575 e. The summed E-state index contributed by atoms with van der Waals surface area (Å²) >= 11 is 0. The van der Waals surface area contributed by atoms with Gasteiger partial charge in [0.2, 0.25) is 0 Å². The molecule has 0 atom stereocenters. The molecule has 3 heteroatoms. The fraction of sp³-hybridized carbons (Fsp3) is 0.500. The predicted octanol–water partition coefficient (Wildman–Crippen LogP) is 1.69. The summed E-state index contributed by atoms with van der Waals surface area (Å²) in [7, 11) is 3.57. The predicted molar refractivity (Wildman–Crippen MR) is 52.2 cm³/mol. The Labute approximate surface area is 79.3 Å². The summed E-state index contributed by atoms with van der Waals surface area (Å²) in [6.45, 7) is 4.79. The molecule has 0 N–H and O–H groups in total. The molecule has 0 bridgehead atoms. The smallest absolute Gasteiger partial charge is 0.0575 e. The average Bonchev–Trinajstić information content (AvgIpc) is 2.09. The molecular weight excluding hydrogens is 164 g/mol. The number of aromatic nitrogens is 1. The van der Waals surface area contributed by atoms with Crippen molar-refractivity contribution < 1.29 is 4.84 Å². The highest BCUT2D eigenvalue weighted by atomic mass is 16.7. The molecule has 0 amide bonds. The van der Waals surface area contributed by atoms with Crippen molar-refractivity contribution in [1.29, 1.82) is 0 Å². The first-order valence-corrected chi connectivity index (χ1v) is 4.32. The van der Waals surface area contributed by atoms with Gasteiger partial charge < -0.3 is 4.84 Å². The molecule has 0 aliphatic carbocycles. The molecule has 0 spiro atoms. The van der Waals surface area contributed by atoms with Crippen LogP contribution in [-0.4, -0.2) is 24.2 Å². The van der Waals surface area contributed by atoms with Crippen LogP contribution in [0.2, 0.25) is 0 Å². The number of aryl methyl sites for hydroxylation is 2. The Bertz CT molecular complexity index is 286. The van der Waals surface area contributed by atoms with Crippen LogP contribution in [-0.2, 0) is 11.4 Å². The number of hydroxylamine groups is 2. The summed E-state index contributed by atoms with van der Waals surface area (Å²) in [6, 6.07) is 4.11. The van der Waals surface area contributed by atoms with Crippen LogP contribution in [0.1, 0.15) is 17.0 Å². The van der Waals surface area contributed by atoms with E-state index in [0.717, 1.165) is 17.9 Å². The van der Waals surface area contributed by atoms with Gasteiger partial charge in [0.15, 0.2) is 0 Å². The zero-order chi connectivity index (χ0) is 9.84. The van der Waals surface area contributed by atoms with E-state index >= 15 is 0 Å². The Morgan fingerprint density at radius 2 is 2.08 bits per heavy atom. The minimum Gasteiger partial charge on any atom is -0.302 e. The topological polar surface area (TPSA) is 25.4 Å². The number of nitrogens with zero attached hydrogens (tertiary/aromatic N) is 2. The lowest BCUT2D eigenvalue weighted by Crippen LogP contribution is -2.16. The monoisotopic (exact) mass is 180 g/mol. The molecule has 3 nitrogen and oxygen atoms in total. The summed E-state index contributed by atoms with van der Waals surface area (Å²) < 4.78 is 0. The van der Waals surface area contributed by atoms with Crippen molar-refractivity contribution in [2.24, 2.45) is 0 Å². The molecule has 0 saturated carbocycles. The van der Waals surface area contributed by atoms with Crippen LogP contribution in [0.15, 0.2) is 12.1 Å². The van der Waals surface area contributed by atoms with Gasteiger partial charge in [0, 0.05) is 18.4 Å². The molecule has 1 aromatic rings. The molecule has 1 rings (SSSR count). The van der Waals surface area contributed by atoms with Crippen LogP contribution in [0.5, 0.6) is 0 Å². The summed E-state index contributed by atoms with van der Waals surface area (Å²) in [5.74, 6) is 0. The van der Waals surface area contributed by atoms with Gasteiger partial charge in [0.25, 0.3) is 0 Å². The Balaban J connectivity index is 2.77. The lowest BCUT2D eigenvalue weighted by atomic mass is 10.2. The molecule has 1 heterocycles. The molecule has 0 aliphatic rings. The van der Waals surface area contributed by atoms with Gasteiger partial charge in [-0.1, -0.05) is 6.07 Å². The van der Waals surface area contributed by atoms with Crippen molar-refractivity contribution in [1.82, 2.24) is 10.0 Å². The maximum absolute atomic E-state index is 5.04. The van der Waals surface area contributed by atoms with Gasteiger partial charge >= 0.3 is 0 Å². The molecule has 0 radical (unpaired) electrons. The molecule has 1 aromatic heterocycles. The molecule has 72 valence electrons. The van der Waals surface area contributed by atoms with Gasteiger partial charge in [-0.15, -0.1) is 0 Å². The van der Waals surface area contributed by atoms with Gasteiger partial charge in [0.05, 0.1) is 13.7 Å². The fourth-order valence-electron chi connectivity index (χ4n) is 1.19. The summed E-state index contributed by atoms with van der Waals surface area (Å²) in [6.07, 6.45) is 0. The van der Waals surface area contributed by atoms with Gasteiger partial charge in [0.1, 0.15) is 0 Å². The van der Waals surface area contributed by atoms with Crippen molar-refractivity contribution in [3.05, 3.63) is 29.1 Å². The van der Waals surface area contributed by atoms with Crippen molar-refractivity contribution in [3.8, 4) is 0 Å². The second-order valence-electron chi connectivity index (χ2n) is 3.17. The zero-order valence-corrected chi connectivity index (χ0v) is 8.66. The third-order valence-corrected chi connectivity index (χ3v) is 2.04. The van der Waals surface area contributed by atoms with Gasteiger partial charge in [-0.2, -0.15) is 5.06 Å². The fourth-order valence-corrected chi connectivity index (χ4v) is 1.19. The second-order valence-corrected chi connectivity index (χ2v) is 3.17. The van der Waals surface area contributed by atoms with E-state index in [1.807, 2.05) is 27.0 Å². The van der Waals surface area contributed by atoms with Crippen LogP contribution in [0.3, 0.4) is 0 Å². The van der Waals surface area contributed by atoms with E-state index in [-0.39, 0.29) is 0 Å². The summed E-state index contributed by atoms with van der Waals surface area (Å²) in [4.78, 5) is 9.42. The normalized spacial score (nSPS) is 10.8. The first-order valence-electron chi connectivity index (χ1n) is 4.32. The van der Waals surface area contributed by atoms with E-state index in [1.165, 1.54) is 5.56 Å². The number of rotatable bonds is 3. The maximum atomic E-state index is 5.04. The highest BCUT2D eigenvalue weighted by molar-refractivity contribution is 5.21. The van der Waals surface area contributed by atoms with E-state index < -0.39 is 0 Å². The van der Waals surface area contributed by atoms with E-state index in [2.05, 4.69) is 11.1 Å². The summed E-state index contributed by atoms with van der Waals surface area (Å²) in [5, 5.41) is 1.78. The molecule has 0 fully saturated rings. The third-order valence-electron chi connectivity index (χ3n) is 2.04. The Hall–Kier alpha value is -0.930. The lowest BCUT2D eigenvalue weighted by molar-refractivity contribution is -0.116. The third kappa shape index (κ3) is 2.79. The van der Waals surface area contributed by atoms with Gasteiger partial charge in [-0.3, -0.25) is 4.98 Å². The number of hydrogen-bond donors (Lipinski definition) is 0. The van der Waals surface area contributed by atoms with Crippen molar-refractivity contribution in [3.63, 3.8) is 0 Å². The summed E-state index contributed by atoms with van der Waals surface area (Å²) in [5.41, 5.74) is 3.33. The highest BCUT2D eigenvalue weighted by Crippen LogP contribution is 2.08. The molecule has 0 saturated heterocycles. The van der Waals surface area contributed by atoms with Crippen LogP contribution in [0.25, 0.3) is 0 Å². The number of pyridine rings is 1. The van der Waals surface area contributed by atoms with E-state index in [0.29, 0.717) is 0 Å². The largest absolute Gasteiger partial charge is 0.302 e. The Kier molecular flexibility index (Phi) is 3.39. The van der Waals surface area contributed by atoms with Crippen molar-refractivity contribution in [2.75, 3.05) is 14.2 Å². The minimum atomic E-state index is 0.773. The zero-order valence-electron chi connectivity index (χ0n) is 8.66. The molecule has 0 unspecified atom stereocenters. The highest BCUT2D eigenvalue weighted by Gasteiger charge is 2.02. The second kappa shape index (κ2) is 4.35. The van der Waals surface area contributed by atoms with Gasteiger partial charge in [-0.25, -0.2) is 0 Å². The van der Waals surface area contributed by atoms with Crippen LogP contribution in [0.4, 0.5) is 0 Å². The molecule has 13 heavy (non-hydrogen) atoms. The quantitative estimate of drug-likeness (QED) is 0.662. The molecule has 0 aliphatic heterocycles. The number of hydrogen-bond acceptors (Lipinski definition) is 3. The lowest BCUT2D eigenvalue weighted by Gasteiger charge is -2.14. The minimum absolute atomic E-state index is 0.773. The van der Waals surface area contributed by atoms with Crippen molar-refractivity contribution >= 4 is 0 Å². The van der Waals surface area contributed by atoms with E-state index in [9.17, 15) is 0 Å². The van der Waals surface area contributed by atoms with Gasteiger partial charge in [-0.05, 0) is 25.5 Å². The Morgan fingerprint density at radius 3 is 2.62 bits per heavy atom. The molecule has 0 aromatic carbocycles. The SMILES string of the molecule is CON(C)Cc1ccc(C)nc1C. The Morgan fingerprint density at radius 1 is 1.38 bits per heavy atom. The van der Waals surface area contributed by atoms with Crippen LogP contribution in [0, 0.1) is 13.8 Å². The standard InChI is InChI=1S/C10H16N2O/c1-8-5-6-10(9(2)11-8)7-12(3)13-4/h5-6H,7H2,1-4H3. The van der Waals surface area contributed by atoms with E-state index in [1.54, 1.807) is 12.2 Å². The first-order chi connectivity index (χ1) is 6.13. The van der Waals surface area contributed by atoms with E-state index in [4.69, 9.17) is 4.84 Å². The van der Waals surface area contributed by atoms with Crippen LogP contribution < -0.4 is 0 Å². The van der Waals surface area contributed by atoms with Crippen LogP contribution >= 0.6 is 0 Å². The molecular formula is C10H16N2O. The first kappa shape index (κ1) is 10.2. The average molecular weight is 180 g/mol.